The van der Waals surface area contributed by atoms with Crippen LogP contribution in [0.2, 0.25) is 0 Å². The van der Waals surface area contributed by atoms with E-state index in [1.54, 1.807) is 6.20 Å². The van der Waals surface area contributed by atoms with Crippen LogP contribution in [0.5, 0.6) is 0 Å². The predicted octanol–water partition coefficient (Wildman–Crippen LogP) is 1.02. The highest BCUT2D eigenvalue weighted by Crippen LogP contribution is 2.30. The van der Waals surface area contributed by atoms with Crippen molar-refractivity contribution in [3.63, 3.8) is 0 Å². The van der Waals surface area contributed by atoms with Gasteiger partial charge in [0.25, 0.3) is 5.91 Å². The van der Waals surface area contributed by atoms with E-state index >= 15 is 0 Å². The van der Waals surface area contributed by atoms with Crippen LogP contribution < -0.4 is 0 Å². The average molecular weight is 245 g/mol. The van der Waals surface area contributed by atoms with Crippen LogP contribution in [0, 0.1) is 18.8 Å². The zero-order chi connectivity index (χ0) is 12.7. The molecule has 2 unspecified atom stereocenters. The molecule has 2 fully saturated rings. The van der Waals surface area contributed by atoms with E-state index in [0.717, 1.165) is 31.7 Å². The number of hydrogen-bond acceptors (Lipinski definition) is 3. The maximum absolute atomic E-state index is 12.4. The molecule has 2 saturated heterocycles. The summed E-state index contributed by atoms with van der Waals surface area (Å²) in [6.07, 6.45) is 1.70. The van der Waals surface area contributed by atoms with Crippen LogP contribution >= 0.6 is 0 Å². The largest absolute Gasteiger partial charge is 0.337 e. The standard InChI is InChI=1S/C14H19N3O/c1-10-4-3-5-15-13(10)14(18)17-8-11-6-16(2)7-12(11)9-17/h3-5,11-12H,6-9H2,1-2H3. The van der Waals surface area contributed by atoms with Gasteiger partial charge in [0.05, 0.1) is 0 Å². The van der Waals surface area contributed by atoms with Gasteiger partial charge in [-0.25, -0.2) is 0 Å². The molecule has 0 spiro atoms. The van der Waals surface area contributed by atoms with E-state index < -0.39 is 0 Å². The first kappa shape index (κ1) is 11.7. The number of rotatable bonds is 1. The van der Waals surface area contributed by atoms with Crippen molar-refractivity contribution in [2.45, 2.75) is 6.92 Å². The summed E-state index contributed by atoms with van der Waals surface area (Å²) in [5.41, 5.74) is 1.59. The van der Waals surface area contributed by atoms with Gasteiger partial charge in [0.2, 0.25) is 0 Å². The van der Waals surface area contributed by atoms with Gasteiger partial charge in [-0.15, -0.1) is 0 Å². The number of nitrogens with zero attached hydrogens (tertiary/aromatic N) is 3. The molecule has 0 bridgehead atoms. The molecule has 3 rings (SSSR count). The highest BCUT2D eigenvalue weighted by atomic mass is 16.2. The monoisotopic (exact) mass is 245 g/mol. The molecule has 2 aliphatic rings. The van der Waals surface area contributed by atoms with Crippen LogP contribution in [-0.2, 0) is 0 Å². The molecular weight excluding hydrogens is 226 g/mol. The van der Waals surface area contributed by atoms with Crippen molar-refractivity contribution in [3.8, 4) is 0 Å². The molecule has 18 heavy (non-hydrogen) atoms. The summed E-state index contributed by atoms with van der Waals surface area (Å²) in [6.45, 7) is 5.98. The minimum Gasteiger partial charge on any atom is -0.337 e. The Morgan fingerprint density at radius 1 is 1.28 bits per heavy atom. The van der Waals surface area contributed by atoms with Gasteiger partial charge in [-0.1, -0.05) is 6.07 Å². The fourth-order valence-corrected chi connectivity index (χ4v) is 3.25. The lowest BCUT2D eigenvalue weighted by molar-refractivity contribution is 0.0769. The Hall–Kier alpha value is -1.42. The van der Waals surface area contributed by atoms with Gasteiger partial charge in [0.1, 0.15) is 5.69 Å². The molecule has 1 aromatic heterocycles. The lowest BCUT2D eigenvalue weighted by atomic mass is 10.0. The minimum absolute atomic E-state index is 0.102. The molecular formula is C14H19N3O. The van der Waals surface area contributed by atoms with Gasteiger partial charge in [0.15, 0.2) is 0 Å². The van der Waals surface area contributed by atoms with E-state index in [9.17, 15) is 4.79 Å². The smallest absolute Gasteiger partial charge is 0.272 e. The zero-order valence-corrected chi connectivity index (χ0v) is 11.0. The number of carbonyl (C=O) groups is 1. The molecule has 3 heterocycles. The van der Waals surface area contributed by atoms with Crippen molar-refractivity contribution in [2.75, 3.05) is 33.2 Å². The van der Waals surface area contributed by atoms with Gasteiger partial charge in [-0.2, -0.15) is 0 Å². The summed E-state index contributed by atoms with van der Waals surface area (Å²) in [4.78, 5) is 21.0. The molecule has 96 valence electrons. The summed E-state index contributed by atoms with van der Waals surface area (Å²) in [6, 6.07) is 3.82. The second kappa shape index (κ2) is 4.35. The van der Waals surface area contributed by atoms with Crippen LogP contribution in [0.25, 0.3) is 0 Å². The summed E-state index contributed by atoms with van der Waals surface area (Å²) < 4.78 is 0. The molecule has 0 aliphatic carbocycles. The number of carbonyl (C=O) groups excluding carboxylic acids is 1. The van der Waals surface area contributed by atoms with Gasteiger partial charge in [-0.3, -0.25) is 9.78 Å². The van der Waals surface area contributed by atoms with Gasteiger partial charge in [-0.05, 0) is 37.4 Å². The van der Waals surface area contributed by atoms with Crippen molar-refractivity contribution < 1.29 is 4.79 Å². The van der Waals surface area contributed by atoms with Crippen molar-refractivity contribution in [1.29, 1.82) is 0 Å². The predicted molar refractivity (Wildman–Crippen MR) is 69.4 cm³/mol. The topological polar surface area (TPSA) is 36.4 Å². The van der Waals surface area contributed by atoms with Crippen molar-refractivity contribution >= 4 is 5.91 Å². The summed E-state index contributed by atoms with van der Waals surface area (Å²) in [7, 11) is 2.16. The maximum Gasteiger partial charge on any atom is 0.272 e. The van der Waals surface area contributed by atoms with E-state index in [2.05, 4.69) is 16.9 Å². The second-order valence-electron chi connectivity index (χ2n) is 5.62. The number of pyridine rings is 1. The van der Waals surface area contributed by atoms with Crippen LogP contribution in [0.1, 0.15) is 16.1 Å². The van der Waals surface area contributed by atoms with E-state index in [-0.39, 0.29) is 5.91 Å². The summed E-state index contributed by atoms with van der Waals surface area (Å²) in [5, 5.41) is 0. The van der Waals surface area contributed by atoms with E-state index in [4.69, 9.17) is 0 Å². The zero-order valence-electron chi connectivity index (χ0n) is 11.0. The number of aryl methyl sites for hydroxylation is 1. The first-order valence-electron chi connectivity index (χ1n) is 6.54. The number of likely N-dealkylation sites (tertiary alicyclic amines) is 2. The molecule has 1 aromatic rings. The van der Waals surface area contributed by atoms with E-state index in [1.807, 2.05) is 24.0 Å². The first-order chi connectivity index (χ1) is 8.65. The lowest BCUT2D eigenvalue weighted by Gasteiger charge is -2.19. The number of amides is 1. The first-order valence-corrected chi connectivity index (χ1v) is 6.54. The second-order valence-corrected chi connectivity index (χ2v) is 5.62. The molecule has 4 heteroatoms. The maximum atomic E-state index is 12.4. The molecule has 4 nitrogen and oxygen atoms in total. The highest BCUT2D eigenvalue weighted by molar-refractivity contribution is 5.93. The third-order valence-corrected chi connectivity index (χ3v) is 4.17. The van der Waals surface area contributed by atoms with E-state index in [0.29, 0.717) is 17.5 Å². The Balaban J connectivity index is 1.74. The van der Waals surface area contributed by atoms with Crippen LogP contribution in [0.4, 0.5) is 0 Å². The molecule has 2 aliphatic heterocycles. The van der Waals surface area contributed by atoms with Gasteiger partial charge >= 0.3 is 0 Å². The normalized spacial score (nSPS) is 27.6. The van der Waals surface area contributed by atoms with Crippen molar-refractivity contribution in [3.05, 3.63) is 29.6 Å². The molecule has 1 amide bonds. The van der Waals surface area contributed by atoms with Gasteiger partial charge in [0, 0.05) is 32.4 Å². The third kappa shape index (κ3) is 1.90. The summed E-state index contributed by atoms with van der Waals surface area (Å²) >= 11 is 0. The number of fused-ring (bicyclic) bond motifs is 1. The minimum atomic E-state index is 0.102. The number of aromatic nitrogens is 1. The number of hydrogen-bond donors (Lipinski definition) is 0. The van der Waals surface area contributed by atoms with Crippen molar-refractivity contribution in [2.24, 2.45) is 11.8 Å². The van der Waals surface area contributed by atoms with Crippen LogP contribution in [0.15, 0.2) is 18.3 Å². The van der Waals surface area contributed by atoms with Gasteiger partial charge < -0.3 is 9.80 Å². The molecule has 2 atom stereocenters. The van der Waals surface area contributed by atoms with Crippen molar-refractivity contribution in [1.82, 2.24) is 14.8 Å². The SMILES string of the molecule is Cc1cccnc1C(=O)N1CC2CN(C)CC2C1. The van der Waals surface area contributed by atoms with Crippen LogP contribution in [0.3, 0.4) is 0 Å². The third-order valence-electron chi connectivity index (χ3n) is 4.17. The Morgan fingerprint density at radius 3 is 2.56 bits per heavy atom. The van der Waals surface area contributed by atoms with Crippen LogP contribution in [-0.4, -0.2) is 53.9 Å². The Bertz CT molecular complexity index is 460. The molecule has 0 N–H and O–H groups in total. The Labute approximate surface area is 108 Å². The quantitative estimate of drug-likeness (QED) is 0.741. The van der Waals surface area contributed by atoms with E-state index in [1.165, 1.54) is 0 Å². The average Bonchev–Trinajstić information content (AvgIpc) is 2.85. The fraction of sp³-hybridized carbons (Fsp3) is 0.571. The summed E-state index contributed by atoms with van der Waals surface area (Å²) in [5.74, 6) is 1.41. The molecule has 0 radical (unpaired) electrons. The Morgan fingerprint density at radius 2 is 1.94 bits per heavy atom. The highest BCUT2D eigenvalue weighted by Gasteiger charge is 2.40. The molecule has 0 saturated carbocycles. The Kier molecular flexibility index (Phi) is 2.82. The lowest BCUT2D eigenvalue weighted by Crippen LogP contribution is -2.33. The molecule has 0 aromatic carbocycles. The fourth-order valence-electron chi connectivity index (χ4n) is 3.25.